The van der Waals surface area contributed by atoms with Crippen LogP contribution in [0.3, 0.4) is 0 Å². The molecule has 3 aromatic rings. The lowest BCUT2D eigenvalue weighted by atomic mass is 10.0. The minimum atomic E-state index is 0.614. The Balaban J connectivity index is 2.29. The minimum absolute atomic E-state index is 0.614. The van der Waals surface area contributed by atoms with Crippen molar-refractivity contribution in [2.24, 2.45) is 7.05 Å². The third kappa shape index (κ3) is 2.57. The molecule has 0 aliphatic rings. The molecule has 2 aromatic carbocycles. The van der Waals surface area contributed by atoms with Crippen LogP contribution in [0.5, 0.6) is 0 Å². The van der Waals surface area contributed by atoms with Gasteiger partial charge in [0.25, 0.3) is 0 Å². The first-order valence-corrected chi connectivity index (χ1v) is 7.58. The van der Waals surface area contributed by atoms with E-state index in [2.05, 4.69) is 21.0 Å². The Labute approximate surface area is 136 Å². The number of nitrogens with zero attached hydrogens (tertiary/aromatic N) is 2. The molecule has 3 rings (SSSR count). The molecular weight excluding hydrogens is 350 g/mol. The average Bonchev–Trinajstić information content (AvgIpc) is 2.75. The molecule has 1 heterocycles. The van der Waals surface area contributed by atoms with Crippen molar-refractivity contribution in [2.75, 3.05) is 5.73 Å². The van der Waals surface area contributed by atoms with E-state index >= 15 is 0 Å². The number of benzene rings is 2. The first kappa shape index (κ1) is 14.2. The van der Waals surface area contributed by atoms with Gasteiger partial charge in [-0.05, 0) is 23.8 Å². The van der Waals surface area contributed by atoms with Gasteiger partial charge in [0.2, 0.25) is 0 Å². The number of nitrogen functional groups attached to an aromatic ring is 1. The molecule has 106 valence electrons. The van der Waals surface area contributed by atoms with Crippen molar-refractivity contribution in [1.82, 2.24) is 9.78 Å². The van der Waals surface area contributed by atoms with Crippen LogP contribution in [0.15, 0.2) is 53.0 Å². The number of rotatable bonds is 2. The predicted molar refractivity (Wildman–Crippen MR) is 91.2 cm³/mol. The van der Waals surface area contributed by atoms with E-state index in [1.165, 1.54) is 0 Å². The fraction of sp³-hybridized carbons (Fsp3) is 0.0625. The van der Waals surface area contributed by atoms with Crippen LogP contribution in [0.1, 0.15) is 0 Å². The number of hydrogen-bond acceptors (Lipinski definition) is 2. The summed E-state index contributed by atoms with van der Waals surface area (Å²) < 4.78 is 2.66. The van der Waals surface area contributed by atoms with Gasteiger partial charge >= 0.3 is 0 Å². The zero-order chi connectivity index (χ0) is 15.0. The van der Waals surface area contributed by atoms with Gasteiger partial charge in [-0.1, -0.05) is 57.9 Å². The quantitative estimate of drug-likeness (QED) is 0.715. The smallest absolute Gasteiger partial charge is 0.129 e. The lowest BCUT2D eigenvalue weighted by Crippen LogP contribution is -1.97. The van der Waals surface area contributed by atoms with Gasteiger partial charge in [-0.15, -0.1) is 0 Å². The van der Waals surface area contributed by atoms with Crippen molar-refractivity contribution in [3.63, 3.8) is 0 Å². The van der Waals surface area contributed by atoms with E-state index in [-0.39, 0.29) is 0 Å². The molecule has 0 aliphatic heterocycles. The number of halogens is 2. The monoisotopic (exact) mass is 361 g/mol. The Morgan fingerprint density at radius 1 is 1.14 bits per heavy atom. The first-order chi connectivity index (χ1) is 10.1. The molecule has 2 N–H and O–H groups in total. The summed E-state index contributed by atoms with van der Waals surface area (Å²) in [5.41, 5.74) is 9.91. The van der Waals surface area contributed by atoms with Crippen LogP contribution in [0, 0.1) is 0 Å². The van der Waals surface area contributed by atoms with Crippen molar-refractivity contribution in [3.8, 4) is 22.4 Å². The number of nitrogens with two attached hydrogens (primary N) is 1. The summed E-state index contributed by atoms with van der Waals surface area (Å²) in [5, 5.41) is 5.24. The summed E-state index contributed by atoms with van der Waals surface area (Å²) in [7, 11) is 1.84. The highest BCUT2D eigenvalue weighted by Crippen LogP contribution is 2.39. The third-order valence-electron chi connectivity index (χ3n) is 3.33. The van der Waals surface area contributed by atoms with Crippen LogP contribution in [0.2, 0.25) is 5.02 Å². The van der Waals surface area contributed by atoms with Gasteiger partial charge < -0.3 is 5.73 Å². The van der Waals surface area contributed by atoms with E-state index in [4.69, 9.17) is 17.3 Å². The Bertz CT molecular complexity index is 811. The zero-order valence-electron chi connectivity index (χ0n) is 11.3. The molecule has 0 bridgehead atoms. The summed E-state index contributed by atoms with van der Waals surface area (Å²) in [6.45, 7) is 0. The van der Waals surface area contributed by atoms with Crippen LogP contribution < -0.4 is 5.73 Å². The number of aryl methyl sites for hydroxylation is 1. The highest BCUT2D eigenvalue weighted by molar-refractivity contribution is 9.10. The summed E-state index contributed by atoms with van der Waals surface area (Å²) in [4.78, 5) is 0. The van der Waals surface area contributed by atoms with Gasteiger partial charge in [0.15, 0.2) is 0 Å². The lowest BCUT2D eigenvalue weighted by molar-refractivity contribution is 0.782. The molecule has 0 unspecified atom stereocenters. The number of hydrogen-bond donors (Lipinski definition) is 1. The second kappa shape index (κ2) is 5.54. The van der Waals surface area contributed by atoms with E-state index in [0.29, 0.717) is 10.8 Å². The topological polar surface area (TPSA) is 43.8 Å². The largest absolute Gasteiger partial charge is 0.383 e. The van der Waals surface area contributed by atoms with E-state index in [9.17, 15) is 0 Å². The highest BCUT2D eigenvalue weighted by Gasteiger charge is 2.18. The molecular formula is C16H13BrClN3. The van der Waals surface area contributed by atoms with Crippen LogP contribution in [0.4, 0.5) is 5.82 Å². The van der Waals surface area contributed by atoms with Crippen LogP contribution in [0.25, 0.3) is 22.4 Å². The van der Waals surface area contributed by atoms with E-state index in [1.807, 2.05) is 55.6 Å². The van der Waals surface area contributed by atoms with E-state index in [0.717, 1.165) is 26.9 Å². The standard InChI is InChI=1S/C16H13BrClN3/c1-21-16(19)14(10-5-4-6-11(18)9-10)15(20-21)12-7-2-3-8-13(12)17/h2-9H,19H2,1H3. The lowest BCUT2D eigenvalue weighted by Gasteiger charge is -2.06. The Morgan fingerprint density at radius 3 is 2.62 bits per heavy atom. The predicted octanol–water partition coefficient (Wildman–Crippen LogP) is 4.75. The van der Waals surface area contributed by atoms with Crippen LogP contribution >= 0.6 is 27.5 Å². The van der Waals surface area contributed by atoms with Gasteiger partial charge in [-0.25, -0.2) is 0 Å². The number of anilines is 1. The zero-order valence-corrected chi connectivity index (χ0v) is 13.7. The summed E-state index contributed by atoms with van der Waals surface area (Å²) in [6.07, 6.45) is 0. The van der Waals surface area contributed by atoms with Crippen LogP contribution in [-0.4, -0.2) is 9.78 Å². The van der Waals surface area contributed by atoms with E-state index in [1.54, 1.807) is 4.68 Å². The van der Waals surface area contributed by atoms with Gasteiger partial charge in [-0.3, -0.25) is 4.68 Å². The minimum Gasteiger partial charge on any atom is -0.383 e. The van der Waals surface area contributed by atoms with Gasteiger partial charge in [0.05, 0.1) is 5.56 Å². The molecule has 0 aliphatic carbocycles. The maximum absolute atomic E-state index is 6.21. The SMILES string of the molecule is Cn1nc(-c2ccccc2Br)c(-c2cccc(Cl)c2)c1N. The maximum Gasteiger partial charge on any atom is 0.129 e. The summed E-state index contributed by atoms with van der Waals surface area (Å²) in [5.74, 6) is 0.614. The van der Waals surface area contributed by atoms with Crippen molar-refractivity contribution >= 4 is 33.3 Å². The molecule has 3 nitrogen and oxygen atoms in total. The molecule has 21 heavy (non-hydrogen) atoms. The average molecular weight is 363 g/mol. The fourth-order valence-corrected chi connectivity index (χ4v) is 2.97. The van der Waals surface area contributed by atoms with Gasteiger partial charge in [0, 0.05) is 22.1 Å². The highest BCUT2D eigenvalue weighted by atomic mass is 79.9. The Kier molecular flexibility index (Phi) is 3.74. The Morgan fingerprint density at radius 2 is 1.90 bits per heavy atom. The van der Waals surface area contributed by atoms with Gasteiger partial charge in [0.1, 0.15) is 11.5 Å². The van der Waals surface area contributed by atoms with E-state index < -0.39 is 0 Å². The Hall–Kier alpha value is -1.78. The molecule has 0 radical (unpaired) electrons. The second-order valence-corrected chi connectivity index (χ2v) is 6.01. The molecule has 1 aromatic heterocycles. The first-order valence-electron chi connectivity index (χ1n) is 6.41. The van der Waals surface area contributed by atoms with Crippen molar-refractivity contribution in [2.45, 2.75) is 0 Å². The van der Waals surface area contributed by atoms with Crippen molar-refractivity contribution < 1.29 is 0 Å². The molecule has 5 heteroatoms. The molecule has 0 fully saturated rings. The molecule has 0 saturated heterocycles. The third-order valence-corrected chi connectivity index (χ3v) is 4.26. The number of aromatic nitrogens is 2. The van der Waals surface area contributed by atoms with Gasteiger partial charge in [-0.2, -0.15) is 5.10 Å². The maximum atomic E-state index is 6.21. The summed E-state index contributed by atoms with van der Waals surface area (Å²) >= 11 is 9.68. The molecule has 0 saturated carbocycles. The second-order valence-electron chi connectivity index (χ2n) is 4.72. The molecule has 0 amide bonds. The van der Waals surface area contributed by atoms with Crippen molar-refractivity contribution in [3.05, 3.63) is 58.0 Å². The summed E-state index contributed by atoms with van der Waals surface area (Å²) in [6, 6.07) is 15.6. The molecule has 0 atom stereocenters. The normalized spacial score (nSPS) is 10.8. The van der Waals surface area contributed by atoms with Crippen molar-refractivity contribution in [1.29, 1.82) is 0 Å². The molecule has 0 spiro atoms. The van der Waals surface area contributed by atoms with Crippen LogP contribution in [-0.2, 0) is 7.05 Å². The fourth-order valence-electron chi connectivity index (χ4n) is 2.31.